The van der Waals surface area contributed by atoms with E-state index in [0.717, 1.165) is 0 Å². The maximum absolute atomic E-state index is 13.7. The predicted molar refractivity (Wildman–Crippen MR) is 82.6 cm³/mol. The van der Waals surface area contributed by atoms with Crippen LogP contribution in [0.5, 0.6) is 0 Å². The first-order valence-corrected chi connectivity index (χ1v) is 7.82. The number of benzene rings is 2. The molecule has 0 amide bonds. The molecule has 126 valence electrons. The Hall–Kier alpha value is -2.17. The Bertz CT molecular complexity index is 764. The Morgan fingerprint density at radius 1 is 1.00 bits per heavy atom. The quantitative estimate of drug-likeness (QED) is 0.635. The Morgan fingerprint density at radius 2 is 1.75 bits per heavy atom. The van der Waals surface area contributed by atoms with E-state index in [4.69, 9.17) is 0 Å². The molecule has 0 bridgehead atoms. The van der Waals surface area contributed by atoms with E-state index in [-0.39, 0.29) is 12.2 Å². The van der Waals surface area contributed by atoms with Crippen molar-refractivity contribution in [3.05, 3.63) is 70.5 Å². The Labute approximate surface area is 137 Å². The summed E-state index contributed by atoms with van der Waals surface area (Å²) in [6.07, 6.45) is -4.27. The van der Waals surface area contributed by atoms with Crippen LogP contribution in [0.2, 0.25) is 0 Å². The van der Waals surface area contributed by atoms with Crippen molar-refractivity contribution in [1.82, 2.24) is 0 Å². The van der Waals surface area contributed by atoms with Gasteiger partial charge in [-0.25, -0.2) is 4.39 Å². The van der Waals surface area contributed by atoms with Crippen molar-refractivity contribution in [2.24, 2.45) is 0 Å². The minimum Gasteiger partial charge on any atom is -0.294 e. The number of fused-ring (bicyclic) bond motifs is 2. The van der Waals surface area contributed by atoms with E-state index in [1.165, 1.54) is 18.2 Å². The van der Waals surface area contributed by atoms with E-state index in [2.05, 4.69) is 0 Å². The summed E-state index contributed by atoms with van der Waals surface area (Å²) < 4.78 is 53.3. The molecule has 24 heavy (non-hydrogen) atoms. The number of Topliss-reactive ketones (excluding diaryl/α,β-unsaturated/α-hetero) is 1. The maximum Gasteiger partial charge on any atom is 0.390 e. The second kappa shape index (κ2) is 6.38. The van der Waals surface area contributed by atoms with Crippen molar-refractivity contribution >= 4 is 5.78 Å². The average Bonchev–Trinajstić information content (AvgIpc) is 2.57. The lowest BCUT2D eigenvalue weighted by Gasteiger charge is -2.23. The molecule has 1 nitrogen and oxygen atoms in total. The first kappa shape index (κ1) is 16.7. The van der Waals surface area contributed by atoms with Gasteiger partial charge in [-0.3, -0.25) is 4.79 Å². The zero-order valence-corrected chi connectivity index (χ0v) is 12.9. The maximum atomic E-state index is 13.7. The highest BCUT2D eigenvalue weighted by Gasteiger charge is 2.36. The highest BCUT2D eigenvalue weighted by molar-refractivity contribution is 5.97. The van der Waals surface area contributed by atoms with Gasteiger partial charge in [-0.15, -0.1) is 0 Å². The van der Waals surface area contributed by atoms with Crippen LogP contribution in [0.4, 0.5) is 17.6 Å². The van der Waals surface area contributed by atoms with Gasteiger partial charge in [0, 0.05) is 17.9 Å². The van der Waals surface area contributed by atoms with Gasteiger partial charge in [0.2, 0.25) is 0 Å². The summed E-state index contributed by atoms with van der Waals surface area (Å²) in [5, 5.41) is 0. The second-order valence-corrected chi connectivity index (χ2v) is 6.08. The van der Waals surface area contributed by atoms with Crippen LogP contribution in [0.25, 0.3) is 0 Å². The lowest BCUT2D eigenvalue weighted by molar-refractivity contribution is -0.136. The largest absolute Gasteiger partial charge is 0.390 e. The van der Waals surface area contributed by atoms with Gasteiger partial charge in [0.25, 0.3) is 0 Å². The van der Waals surface area contributed by atoms with Gasteiger partial charge in [-0.2, -0.15) is 13.2 Å². The lowest BCUT2D eigenvalue weighted by atomic mass is 9.82. The molecule has 2 aromatic rings. The molecule has 3 rings (SSSR count). The number of rotatable bonds is 1. The third kappa shape index (κ3) is 3.50. The third-order valence-corrected chi connectivity index (χ3v) is 4.41. The van der Waals surface area contributed by atoms with Gasteiger partial charge in [-0.1, -0.05) is 30.3 Å². The number of halogens is 4. The van der Waals surface area contributed by atoms with Crippen molar-refractivity contribution in [1.29, 1.82) is 0 Å². The second-order valence-electron chi connectivity index (χ2n) is 6.08. The number of alkyl halides is 3. The summed E-state index contributed by atoms with van der Waals surface area (Å²) in [5.41, 5.74) is 1.64. The van der Waals surface area contributed by atoms with Crippen LogP contribution in [0, 0.1) is 5.82 Å². The molecule has 0 aliphatic heterocycles. The van der Waals surface area contributed by atoms with E-state index < -0.39 is 24.3 Å². The third-order valence-electron chi connectivity index (χ3n) is 4.41. The van der Waals surface area contributed by atoms with E-state index in [1.807, 2.05) is 0 Å². The Kier molecular flexibility index (Phi) is 4.43. The number of carbonyl (C=O) groups excluding carboxylic acids is 1. The molecule has 0 fully saturated rings. The molecule has 1 unspecified atom stereocenters. The zero-order valence-electron chi connectivity index (χ0n) is 12.9. The van der Waals surface area contributed by atoms with Gasteiger partial charge in [-0.05, 0) is 41.7 Å². The minimum absolute atomic E-state index is 0.161. The summed E-state index contributed by atoms with van der Waals surface area (Å²) in [5.74, 6) is -1.80. The van der Waals surface area contributed by atoms with E-state index in [0.29, 0.717) is 35.1 Å². The minimum atomic E-state index is -4.42. The normalized spacial score (nSPS) is 18.2. The van der Waals surface area contributed by atoms with Gasteiger partial charge in [0.05, 0.1) is 6.42 Å². The molecule has 2 aromatic carbocycles. The average molecular weight is 336 g/mol. The first-order chi connectivity index (χ1) is 11.3. The molecule has 0 radical (unpaired) electrons. The summed E-state index contributed by atoms with van der Waals surface area (Å²) in [7, 11) is 0. The van der Waals surface area contributed by atoms with Crippen LogP contribution in [0.1, 0.15) is 52.2 Å². The number of aryl methyl sites for hydroxylation is 1. The molecule has 1 aliphatic rings. The molecule has 0 spiro atoms. The van der Waals surface area contributed by atoms with Gasteiger partial charge in [0.1, 0.15) is 5.82 Å². The standard InChI is InChI=1S/C19H16F4O/c20-13-9-8-12-4-3-7-18(24)15-6-2-1-5-14(15)17(16(12)10-13)11-19(21,22)23/h1-2,5-6,8-10,17H,3-4,7,11H2. The fourth-order valence-electron chi connectivity index (χ4n) is 3.37. The monoisotopic (exact) mass is 336 g/mol. The molecule has 5 heteroatoms. The van der Waals surface area contributed by atoms with Crippen LogP contribution in [-0.2, 0) is 6.42 Å². The number of hydrogen-bond acceptors (Lipinski definition) is 1. The van der Waals surface area contributed by atoms with Crippen molar-refractivity contribution < 1.29 is 22.4 Å². The molecule has 0 aromatic heterocycles. The Morgan fingerprint density at radius 3 is 2.50 bits per heavy atom. The van der Waals surface area contributed by atoms with Gasteiger partial charge < -0.3 is 0 Å². The number of hydrogen-bond donors (Lipinski definition) is 0. The molecule has 0 N–H and O–H groups in total. The number of ketones is 1. The predicted octanol–water partition coefficient (Wildman–Crippen LogP) is 5.43. The molecule has 1 aliphatic carbocycles. The molecular formula is C19H16F4O. The molecular weight excluding hydrogens is 320 g/mol. The molecule has 1 atom stereocenters. The SMILES string of the molecule is O=C1CCCc2ccc(F)cc2C(CC(F)(F)F)c2ccccc21. The molecule has 0 heterocycles. The lowest BCUT2D eigenvalue weighted by Crippen LogP contribution is -2.18. The van der Waals surface area contributed by atoms with Crippen molar-refractivity contribution in [2.75, 3.05) is 0 Å². The van der Waals surface area contributed by atoms with Crippen LogP contribution in [0.3, 0.4) is 0 Å². The van der Waals surface area contributed by atoms with Crippen LogP contribution in [-0.4, -0.2) is 12.0 Å². The summed E-state index contributed by atoms with van der Waals surface area (Å²) in [4.78, 5) is 12.4. The highest BCUT2D eigenvalue weighted by Crippen LogP contribution is 2.40. The number of carbonyl (C=O) groups is 1. The van der Waals surface area contributed by atoms with Crippen molar-refractivity contribution in [2.45, 2.75) is 37.8 Å². The highest BCUT2D eigenvalue weighted by atomic mass is 19.4. The van der Waals surface area contributed by atoms with Crippen LogP contribution < -0.4 is 0 Å². The van der Waals surface area contributed by atoms with E-state index in [9.17, 15) is 22.4 Å². The molecule has 0 saturated heterocycles. The van der Waals surface area contributed by atoms with E-state index in [1.54, 1.807) is 24.3 Å². The van der Waals surface area contributed by atoms with Gasteiger partial charge in [0.15, 0.2) is 5.78 Å². The molecule has 0 saturated carbocycles. The summed E-state index contributed by atoms with van der Waals surface area (Å²) in [6, 6.07) is 10.3. The van der Waals surface area contributed by atoms with Crippen LogP contribution in [0.15, 0.2) is 42.5 Å². The van der Waals surface area contributed by atoms with Crippen molar-refractivity contribution in [3.63, 3.8) is 0 Å². The van der Waals surface area contributed by atoms with Crippen molar-refractivity contribution in [3.8, 4) is 0 Å². The topological polar surface area (TPSA) is 17.1 Å². The van der Waals surface area contributed by atoms with Crippen LogP contribution >= 0.6 is 0 Å². The van der Waals surface area contributed by atoms with E-state index >= 15 is 0 Å². The fourth-order valence-corrected chi connectivity index (χ4v) is 3.37. The summed E-state index contributed by atoms with van der Waals surface area (Å²) in [6.45, 7) is 0. The smallest absolute Gasteiger partial charge is 0.294 e. The zero-order chi connectivity index (χ0) is 17.3. The fraction of sp³-hybridized carbons (Fsp3) is 0.316. The van der Waals surface area contributed by atoms with Gasteiger partial charge >= 0.3 is 6.18 Å². The first-order valence-electron chi connectivity index (χ1n) is 7.82. The Balaban J connectivity index is 2.23. The summed E-state index contributed by atoms with van der Waals surface area (Å²) >= 11 is 0.